The van der Waals surface area contributed by atoms with Crippen LogP contribution in [0.25, 0.3) is 5.52 Å². The molecule has 0 aliphatic rings. The summed E-state index contributed by atoms with van der Waals surface area (Å²) in [5, 5.41) is 9.03. The van der Waals surface area contributed by atoms with Gasteiger partial charge in [0.1, 0.15) is 5.75 Å². The molecule has 0 radical (unpaired) electrons. The number of fused-ring (bicyclic) bond motifs is 1. The third-order valence-corrected chi connectivity index (χ3v) is 1.51. The van der Waals surface area contributed by atoms with E-state index in [2.05, 4.69) is 0 Å². The van der Waals surface area contributed by atoms with Crippen LogP contribution < -0.4 is 0 Å². The average Bonchev–Trinajstić information content (AvgIpc) is 2.33. The van der Waals surface area contributed by atoms with Crippen LogP contribution in [0.3, 0.4) is 0 Å². The van der Waals surface area contributed by atoms with E-state index in [-0.39, 0.29) is 0 Å². The van der Waals surface area contributed by atoms with E-state index in [0.717, 1.165) is 5.52 Å². The van der Waals surface area contributed by atoms with Crippen molar-refractivity contribution in [3.8, 4) is 5.75 Å². The molecule has 1 N–H and O–H groups in total. The first-order valence-corrected chi connectivity index (χ1v) is 3.12. The van der Waals surface area contributed by atoms with E-state index < -0.39 is 0 Å². The minimum Gasteiger partial charge on any atom is -0.506 e. The van der Waals surface area contributed by atoms with E-state index in [1.54, 1.807) is 12.3 Å². The van der Waals surface area contributed by atoms with Crippen LogP contribution in [0.2, 0.25) is 0 Å². The van der Waals surface area contributed by atoms with Crippen LogP contribution in [0.4, 0.5) is 0 Å². The highest BCUT2D eigenvalue weighted by molar-refractivity contribution is 5.48. The molecule has 0 fully saturated rings. The normalized spacial score (nSPS) is 10.4. The zero-order chi connectivity index (χ0) is 6.97. The molecule has 0 saturated carbocycles. The van der Waals surface area contributed by atoms with Crippen LogP contribution in [-0.2, 0) is 0 Å². The second kappa shape index (κ2) is 1.77. The Kier molecular flexibility index (Phi) is 0.947. The Balaban J connectivity index is 2.86. The van der Waals surface area contributed by atoms with Gasteiger partial charge in [-0.15, -0.1) is 0 Å². The Labute approximate surface area is 58.3 Å². The Morgan fingerprint density at radius 3 is 3.00 bits per heavy atom. The predicted octanol–water partition coefficient (Wildman–Crippen LogP) is 1.64. The van der Waals surface area contributed by atoms with Gasteiger partial charge in [0.15, 0.2) is 0 Å². The summed E-state index contributed by atoms with van der Waals surface area (Å²) in [5.41, 5.74) is 1.10. The van der Waals surface area contributed by atoms with Gasteiger partial charge in [0.05, 0.1) is 6.20 Å². The molecule has 0 aliphatic carbocycles. The number of rotatable bonds is 0. The number of pyridine rings is 1. The summed E-state index contributed by atoms with van der Waals surface area (Å²) in [7, 11) is 0. The lowest BCUT2D eigenvalue weighted by Gasteiger charge is -1.93. The van der Waals surface area contributed by atoms with E-state index in [9.17, 15) is 0 Å². The fraction of sp³-hybridized carbons (Fsp3) is 0. The Morgan fingerprint density at radius 1 is 1.20 bits per heavy atom. The summed E-state index contributed by atoms with van der Waals surface area (Å²) in [6, 6.07) is 7.47. The van der Waals surface area contributed by atoms with Crippen LogP contribution in [0.1, 0.15) is 0 Å². The van der Waals surface area contributed by atoms with Crippen LogP contribution in [0.15, 0.2) is 36.7 Å². The molecule has 0 atom stereocenters. The maximum absolute atomic E-state index is 9.03. The highest BCUT2D eigenvalue weighted by Crippen LogP contribution is 2.10. The van der Waals surface area contributed by atoms with Crippen LogP contribution >= 0.6 is 0 Å². The molecular formula is C8H7NO. The SMILES string of the molecule is Oc1ccc2cccn2c1. The molecule has 0 bridgehead atoms. The first-order valence-electron chi connectivity index (χ1n) is 3.12. The second-order valence-electron chi connectivity index (χ2n) is 2.23. The van der Waals surface area contributed by atoms with Gasteiger partial charge in [-0.05, 0) is 24.3 Å². The molecule has 0 saturated heterocycles. The fourth-order valence-corrected chi connectivity index (χ4v) is 1.02. The van der Waals surface area contributed by atoms with E-state index in [4.69, 9.17) is 5.11 Å². The molecule has 2 heteroatoms. The first kappa shape index (κ1) is 5.35. The third kappa shape index (κ3) is 0.658. The van der Waals surface area contributed by atoms with E-state index in [0.29, 0.717) is 5.75 Å². The summed E-state index contributed by atoms with van der Waals surface area (Å²) in [6.45, 7) is 0. The predicted molar refractivity (Wildman–Crippen MR) is 39.1 cm³/mol. The van der Waals surface area contributed by atoms with E-state index in [1.807, 2.05) is 28.8 Å². The second-order valence-corrected chi connectivity index (χ2v) is 2.23. The Morgan fingerprint density at radius 2 is 2.10 bits per heavy atom. The molecule has 2 aromatic heterocycles. The fourth-order valence-electron chi connectivity index (χ4n) is 1.02. The van der Waals surface area contributed by atoms with E-state index >= 15 is 0 Å². The van der Waals surface area contributed by atoms with Crippen molar-refractivity contribution in [2.24, 2.45) is 0 Å². The monoisotopic (exact) mass is 133 g/mol. The minimum absolute atomic E-state index is 0.295. The molecule has 2 rings (SSSR count). The Hall–Kier alpha value is -1.44. The largest absolute Gasteiger partial charge is 0.506 e. The maximum Gasteiger partial charge on any atom is 0.132 e. The number of aromatic nitrogens is 1. The summed E-state index contributed by atoms with van der Waals surface area (Å²) < 4.78 is 1.87. The average molecular weight is 133 g/mol. The summed E-state index contributed by atoms with van der Waals surface area (Å²) >= 11 is 0. The quantitative estimate of drug-likeness (QED) is 0.580. The molecule has 0 unspecified atom stereocenters. The topological polar surface area (TPSA) is 24.6 Å². The molecule has 2 nitrogen and oxygen atoms in total. The molecule has 0 amide bonds. The zero-order valence-corrected chi connectivity index (χ0v) is 5.36. The van der Waals surface area contributed by atoms with Crippen molar-refractivity contribution in [2.75, 3.05) is 0 Å². The maximum atomic E-state index is 9.03. The lowest BCUT2D eigenvalue weighted by molar-refractivity contribution is 0.472. The van der Waals surface area contributed by atoms with Crippen molar-refractivity contribution in [2.45, 2.75) is 0 Å². The summed E-state index contributed by atoms with van der Waals surface area (Å²) in [4.78, 5) is 0. The molecular weight excluding hydrogens is 126 g/mol. The highest BCUT2D eigenvalue weighted by Gasteiger charge is 1.90. The van der Waals surface area contributed by atoms with Crippen molar-refractivity contribution < 1.29 is 5.11 Å². The van der Waals surface area contributed by atoms with Gasteiger partial charge < -0.3 is 9.51 Å². The Bertz CT molecular complexity index is 351. The zero-order valence-electron chi connectivity index (χ0n) is 5.36. The van der Waals surface area contributed by atoms with Crippen molar-refractivity contribution in [3.05, 3.63) is 36.7 Å². The van der Waals surface area contributed by atoms with Gasteiger partial charge in [-0.2, -0.15) is 0 Å². The summed E-state index contributed by atoms with van der Waals surface area (Å²) in [5.74, 6) is 0.295. The lowest BCUT2D eigenvalue weighted by atomic mass is 10.4. The van der Waals surface area contributed by atoms with Gasteiger partial charge in [-0.3, -0.25) is 0 Å². The van der Waals surface area contributed by atoms with Crippen molar-refractivity contribution in [3.63, 3.8) is 0 Å². The smallest absolute Gasteiger partial charge is 0.132 e. The summed E-state index contributed by atoms with van der Waals surface area (Å²) in [6.07, 6.45) is 3.57. The van der Waals surface area contributed by atoms with Crippen LogP contribution in [0.5, 0.6) is 5.75 Å². The van der Waals surface area contributed by atoms with Gasteiger partial charge in [0.25, 0.3) is 0 Å². The van der Waals surface area contributed by atoms with Gasteiger partial charge in [-0.1, -0.05) is 0 Å². The molecule has 0 aliphatic heterocycles. The van der Waals surface area contributed by atoms with Crippen molar-refractivity contribution in [1.82, 2.24) is 4.40 Å². The molecule has 0 spiro atoms. The number of hydrogen-bond donors (Lipinski definition) is 1. The van der Waals surface area contributed by atoms with Gasteiger partial charge in [0, 0.05) is 11.7 Å². The van der Waals surface area contributed by atoms with Crippen LogP contribution in [0, 0.1) is 0 Å². The number of aromatic hydroxyl groups is 1. The third-order valence-electron chi connectivity index (χ3n) is 1.51. The van der Waals surface area contributed by atoms with Gasteiger partial charge in [-0.25, -0.2) is 0 Å². The molecule has 2 heterocycles. The van der Waals surface area contributed by atoms with Crippen molar-refractivity contribution in [1.29, 1.82) is 0 Å². The standard InChI is InChI=1S/C8H7NO/c10-8-4-3-7-2-1-5-9(7)6-8/h1-6,10H. The van der Waals surface area contributed by atoms with Crippen LogP contribution in [-0.4, -0.2) is 9.51 Å². The van der Waals surface area contributed by atoms with E-state index in [1.165, 1.54) is 0 Å². The molecule has 50 valence electrons. The minimum atomic E-state index is 0.295. The van der Waals surface area contributed by atoms with Gasteiger partial charge in [0.2, 0.25) is 0 Å². The number of nitrogens with zero attached hydrogens (tertiary/aromatic N) is 1. The highest BCUT2D eigenvalue weighted by atomic mass is 16.3. The molecule has 10 heavy (non-hydrogen) atoms. The van der Waals surface area contributed by atoms with Crippen molar-refractivity contribution >= 4 is 5.52 Å². The number of hydrogen-bond acceptors (Lipinski definition) is 1. The van der Waals surface area contributed by atoms with Gasteiger partial charge >= 0.3 is 0 Å². The first-order chi connectivity index (χ1) is 4.86. The lowest BCUT2D eigenvalue weighted by Crippen LogP contribution is -1.77. The molecule has 0 aromatic carbocycles. The molecule has 2 aromatic rings.